The molecule has 2 atom stereocenters. The first-order valence-corrected chi connectivity index (χ1v) is 8.53. The molecule has 23 heavy (non-hydrogen) atoms. The van der Waals surface area contributed by atoms with Crippen LogP contribution in [-0.4, -0.2) is 54.7 Å². The third kappa shape index (κ3) is 2.45. The number of halogens is 1. The Balaban J connectivity index is 1.79. The minimum absolute atomic E-state index is 0.0194. The van der Waals surface area contributed by atoms with Gasteiger partial charge in [-0.05, 0) is 28.4 Å². The summed E-state index contributed by atoms with van der Waals surface area (Å²) >= 11 is 4.67. The fourth-order valence-electron chi connectivity index (χ4n) is 2.65. The number of β-lactam (4-membered cyclic amide) rings is 1. The van der Waals surface area contributed by atoms with Crippen LogP contribution < -0.4 is 5.32 Å². The number of carbonyl (C=O) groups is 3. The Labute approximate surface area is 144 Å². The summed E-state index contributed by atoms with van der Waals surface area (Å²) in [5, 5.41) is 15.5. The van der Waals surface area contributed by atoms with E-state index in [0.717, 1.165) is 0 Å². The number of rotatable bonds is 3. The molecule has 1 saturated heterocycles. The summed E-state index contributed by atoms with van der Waals surface area (Å²) in [4.78, 5) is 37.2. The number of aromatic nitrogens is 2. The smallest absolute Gasteiger partial charge is 0.352 e. The standard InChI is InChI=1S/C13H13BrN4O4S/c1-5-4-23-12-7(11(20)18(12)8(5)13(21)22)16-10(19)9-6(14)3-15-17(9)2/h3,7,12H,4H2,1-2H3,(H,16,19)(H,21,22)/t7-,12-/m1/s1. The van der Waals surface area contributed by atoms with Crippen LogP contribution in [0.2, 0.25) is 0 Å². The van der Waals surface area contributed by atoms with Gasteiger partial charge in [0.2, 0.25) is 0 Å². The molecule has 1 aromatic rings. The van der Waals surface area contributed by atoms with E-state index in [1.165, 1.54) is 27.5 Å². The van der Waals surface area contributed by atoms with Gasteiger partial charge in [-0.25, -0.2) is 4.79 Å². The fourth-order valence-corrected chi connectivity index (χ4v) is 4.47. The Morgan fingerprint density at radius 2 is 2.22 bits per heavy atom. The van der Waals surface area contributed by atoms with Gasteiger partial charge in [0.05, 0.1) is 10.7 Å². The summed E-state index contributed by atoms with van der Waals surface area (Å²) in [5.41, 5.74) is 0.972. The van der Waals surface area contributed by atoms with Crippen molar-refractivity contribution in [2.24, 2.45) is 7.05 Å². The second-order valence-corrected chi connectivity index (χ2v) is 7.22. The minimum Gasteiger partial charge on any atom is -0.477 e. The van der Waals surface area contributed by atoms with Crippen molar-refractivity contribution in [2.75, 3.05) is 5.75 Å². The fraction of sp³-hybridized carbons (Fsp3) is 0.385. The first kappa shape index (κ1) is 16.1. The molecule has 0 aliphatic carbocycles. The van der Waals surface area contributed by atoms with Crippen LogP contribution in [-0.2, 0) is 16.6 Å². The molecule has 0 radical (unpaired) electrons. The summed E-state index contributed by atoms with van der Waals surface area (Å²) in [6, 6.07) is -0.739. The van der Waals surface area contributed by atoms with E-state index in [9.17, 15) is 19.5 Å². The van der Waals surface area contributed by atoms with Gasteiger partial charge in [-0.1, -0.05) is 0 Å². The third-order valence-electron chi connectivity index (χ3n) is 3.76. The molecule has 2 aliphatic heterocycles. The molecule has 122 valence electrons. The Kier molecular flexibility index (Phi) is 3.96. The van der Waals surface area contributed by atoms with Crippen molar-refractivity contribution in [1.29, 1.82) is 0 Å². The number of carbonyl (C=O) groups excluding carboxylic acids is 2. The van der Waals surface area contributed by atoms with Crippen molar-refractivity contribution in [3.8, 4) is 0 Å². The number of nitrogens with one attached hydrogen (secondary N) is 1. The lowest BCUT2D eigenvalue weighted by atomic mass is 10.0. The van der Waals surface area contributed by atoms with Gasteiger partial charge in [0, 0.05) is 12.8 Å². The molecule has 1 fully saturated rings. The highest BCUT2D eigenvalue weighted by Gasteiger charge is 2.53. The number of carboxylic acid groups (broad SMARTS) is 1. The van der Waals surface area contributed by atoms with Gasteiger partial charge in [0.15, 0.2) is 0 Å². The first-order valence-electron chi connectivity index (χ1n) is 6.69. The average molecular weight is 401 g/mol. The molecule has 3 heterocycles. The monoisotopic (exact) mass is 400 g/mol. The van der Waals surface area contributed by atoms with Crippen molar-refractivity contribution in [3.63, 3.8) is 0 Å². The Bertz CT molecular complexity index is 740. The molecule has 1 aromatic heterocycles. The molecule has 0 aromatic carbocycles. The van der Waals surface area contributed by atoms with Crippen LogP contribution in [0, 0.1) is 0 Å². The number of nitrogens with zero attached hydrogens (tertiary/aromatic N) is 3. The van der Waals surface area contributed by atoms with Gasteiger partial charge >= 0.3 is 5.97 Å². The van der Waals surface area contributed by atoms with E-state index >= 15 is 0 Å². The molecular formula is C13H13BrN4O4S. The molecular weight excluding hydrogens is 388 g/mol. The summed E-state index contributed by atoms with van der Waals surface area (Å²) in [6.45, 7) is 1.69. The Morgan fingerprint density at radius 1 is 1.52 bits per heavy atom. The van der Waals surface area contributed by atoms with Crippen LogP contribution >= 0.6 is 27.7 Å². The zero-order valence-electron chi connectivity index (χ0n) is 12.2. The second-order valence-electron chi connectivity index (χ2n) is 5.26. The van der Waals surface area contributed by atoms with Crippen LogP contribution in [0.15, 0.2) is 21.9 Å². The van der Waals surface area contributed by atoms with E-state index in [1.54, 1.807) is 14.0 Å². The molecule has 3 rings (SSSR count). The number of fused-ring (bicyclic) bond motifs is 1. The van der Waals surface area contributed by atoms with Crippen molar-refractivity contribution < 1.29 is 19.5 Å². The highest BCUT2D eigenvalue weighted by Crippen LogP contribution is 2.40. The van der Waals surface area contributed by atoms with Crippen LogP contribution in [0.25, 0.3) is 0 Å². The van der Waals surface area contributed by atoms with Crippen LogP contribution in [0.5, 0.6) is 0 Å². The Hall–Kier alpha value is -1.81. The van der Waals surface area contributed by atoms with Crippen molar-refractivity contribution in [1.82, 2.24) is 20.0 Å². The lowest BCUT2D eigenvalue weighted by Crippen LogP contribution is -2.70. The van der Waals surface area contributed by atoms with Crippen molar-refractivity contribution >= 4 is 45.5 Å². The zero-order valence-corrected chi connectivity index (χ0v) is 14.6. The highest BCUT2D eigenvalue weighted by molar-refractivity contribution is 9.10. The van der Waals surface area contributed by atoms with E-state index in [0.29, 0.717) is 21.5 Å². The maximum atomic E-state index is 12.3. The largest absolute Gasteiger partial charge is 0.477 e. The van der Waals surface area contributed by atoms with Crippen molar-refractivity contribution in [2.45, 2.75) is 18.3 Å². The van der Waals surface area contributed by atoms with E-state index in [2.05, 4.69) is 26.3 Å². The van der Waals surface area contributed by atoms with Gasteiger partial charge in [-0.2, -0.15) is 5.10 Å². The topological polar surface area (TPSA) is 105 Å². The lowest BCUT2D eigenvalue weighted by molar-refractivity contribution is -0.148. The Morgan fingerprint density at radius 3 is 2.78 bits per heavy atom. The molecule has 0 saturated carbocycles. The van der Waals surface area contributed by atoms with Gasteiger partial charge in [-0.3, -0.25) is 19.2 Å². The number of aryl methyl sites for hydroxylation is 1. The normalized spacial score (nSPS) is 23.4. The predicted molar refractivity (Wildman–Crippen MR) is 85.6 cm³/mol. The molecule has 10 heteroatoms. The third-order valence-corrected chi connectivity index (χ3v) is 5.76. The van der Waals surface area contributed by atoms with Gasteiger partial charge in [-0.15, -0.1) is 11.8 Å². The minimum atomic E-state index is -1.12. The number of hydrogen-bond acceptors (Lipinski definition) is 5. The maximum Gasteiger partial charge on any atom is 0.352 e. The molecule has 0 bridgehead atoms. The number of thioether (sulfide) groups is 1. The van der Waals surface area contributed by atoms with Crippen LogP contribution in [0.3, 0.4) is 0 Å². The number of amides is 2. The van der Waals surface area contributed by atoms with E-state index < -0.39 is 29.2 Å². The second kappa shape index (κ2) is 5.68. The number of carboxylic acids is 1. The van der Waals surface area contributed by atoms with Crippen LogP contribution in [0.4, 0.5) is 0 Å². The number of hydrogen-bond donors (Lipinski definition) is 2. The summed E-state index contributed by atoms with van der Waals surface area (Å²) in [5.74, 6) is -1.46. The SMILES string of the molecule is CC1=C(C(=O)O)N2C(=O)[C@@H](NC(=O)c3c(Br)cnn3C)[C@H]2SC1. The van der Waals surface area contributed by atoms with Gasteiger partial charge in [0.1, 0.15) is 22.8 Å². The predicted octanol–water partition coefficient (Wildman–Crippen LogP) is 0.555. The molecule has 2 amide bonds. The van der Waals surface area contributed by atoms with E-state index in [-0.39, 0.29) is 5.70 Å². The number of aliphatic carboxylic acids is 1. The van der Waals surface area contributed by atoms with E-state index in [4.69, 9.17) is 0 Å². The summed E-state index contributed by atoms with van der Waals surface area (Å²) < 4.78 is 1.93. The quantitative estimate of drug-likeness (QED) is 0.718. The zero-order chi connectivity index (χ0) is 16.9. The molecule has 8 nitrogen and oxygen atoms in total. The molecule has 0 unspecified atom stereocenters. The average Bonchev–Trinajstić information content (AvgIpc) is 2.83. The first-order chi connectivity index (χ1) is 10.8. The summed E-state index contributed by atoms with van der Waals surface area (Å²) in [7, 11) is 1.62. The van der Waals surface area contributed by atoms with Gasteiger partial charge < -0.3 is 10.4 Å². The maximum absolute atomic E-state index is 12.3. The molecule has 2 aliphatic rings. The van der Waals surface area contributed by atoms with Crippen LogP contribution in [0.1, 0.15) is 17.4 Å². The molecule has 0 spiro atoms. The van der Waals surface area contributed by atoms with Gasteiger partial charge in [0.25, 0.3) is 11.8 Å². The lowest BCUT2D eigenvalue weighted by Gasteiger charge is -2.49. The summed E-state index contributed by atoms with van der Waals surface area (Å²) in [6.07, 6.45) is 1.49. The molecule has 2 N–H and O–H groups in total. The highest BCUT2D eigenvalue weighted by atomic mass is 79.9. The van der Waals surface area contributed by atoms with Crippen molar-refractivity contribution in [3.05, 3.63) is 27.6 Å². The van der Waals surface area contributed by atoms with E-state index in [1.807, 2.05) is 0 Å².